The molecule has 1 nitrogen and oxygen atoms in total. The first-order chi connectivity index (χ1) is 7.79. The summed E-state index contributed by atoms with van der Waals surface area (Å²) in [6.07, 6.45) is 5.62. The van der Waals surface area contributed by atoms with Gasteiger partial charge in [-0.1, -0.05) is 37.8 Å². The van der Waals surface area contributed by atoms with Crippen molar-refractivity contribution in [2.75, 3.05) is 0 Å². The van der Waals surface area contributed by atoms with Gasteiger partial charge in [0.2, 0.25) is 0 Å². The highest BCUT2D eigenvalue weighted by Gasteiger charge is 2.03. The average molecular weight is 236 g/mol. The number of rotatable bonds is 5. The highest BCUT2D eigenvalue weighted by atomic mass is 35.5. The minimum atomic E-state index is 0.761. The van der Waals surface area contributed by atoms with Crippen molar-refractivity contribution in [1.82, 2.24) is 0 Å². The molecule has 2 rings (SSSR count). The molecule has 1 aromatic carbocycles. The van der Waals surface area contributed by atoms with Gasteiger partial charge in [0, 0.05) is 16.8 Å². The van der Waals surface area contributed by atoms with Crippen LogP contribution >= 0.6 is 11.6 Å². The lowest BCUT2D eigenvalue weighted by atomic mass is 10.1. The molecule has 0 aliphatic rings. The molecule has 0 N–H and O–H groups in total. The molecule has 0 bridgehead atoms. The summed E-state index contributed by atoms with van der Waals surface area (Å²) in [7, 11) is 0. The Morgan fingerprint density at radius 3 is 2.81 bits per heavy atom. The van der Waals surface area contributed by atoms with Crippen molar-refractivity contribution in [3.05, 3.63) is 42.0 Å². The van der Waals surface area contributed by atoms with E-state index in [1.54, 1.807) is 0 Å². The van der Waals surface area contributed by atoms with Crippen molar-refractivity contribution < 1.29 is 4.42 Å². The zero-order valence-electron chi connectivity index (χ0n) is 9.34. The van der Waals surface area contributed by atoms with Crippen LogP contribution in [0.3, 0.4) is 0 Å². The number of halogens is 1. The van der Waals surface area contributed by atoms with Gasteiger partial charge in [-0.2, -0.15) is 0 Å². The van der Waals surface area contributed by atoms with Crippen LogP contribution < -0.4 is 0 Å². The number of benzene rings is 1. The predicted molar refractivity (Wildman–Crippen MR) is 68.8 cm³/mol. The van der Waals surface area contributed by atoms with Crippen LogP contribution in [0.15, 0.2) is 28.7 Å². The molecular weight excluding hydrogens is 220 g/mol. The summed E-state index contributed by atoms with van der Waals surface area (Å²) in [5.41, 5.74) is 0.927. The van der Waals surface area contributed by atoms with E-state index >= 15 is 0 Å². The SMILES string of the molecule is [CH2]CCCCCc1cc2cc(Cl)ccc2o1. The molecule has 0 saturated carbocycles. The Morgan fingerprint density at radius 1 is 1.12 bits per heavy atom. The van der Waals surface area contributed by atoms with E-state index < -0.39 is 0 Å². The molecule has 0 atom stereocenters. The Hall–Kier alpha value is -0.950. The molecule has 0 fully saturated rings. The van der Waals surface area contributed by atoms with E-state index in [0.717, 1.165) is 34.6 Å². The van der Waals surface area contributed by atoms with Crippen LogP contribution in [0.25, 0.3) is 11.0 Å². The second-order valence-electron chi connectivity index (χ2n) is 4.06. The van der Waals surface area contributed by atoms with Crippen molar-refractivity contribution in [2.24, 2.45) is 0 Å². The van der Waals surface area contributed by atoms with Gasteiger partial charge < -0.3 is 4.42 Å². The van der Waals surface area contributed by atoms with Gasteiger partial charge in [0.05, 0.1) is 0 Å². The number of hydrogen-bond acceptors (Lipinski definition) is 1. The van der Waals surface area contributed by atoms with E-state index in [1.807, 2.05) is 18.2 Å². The lowest BCUT2D eigenvalue weighted by Gasteiger charge is -1.95. The largest absolute Gasteiger partial charge is 0.461 e. The van der Waals surface area contributed by atoms with Crippen molar-refractivity contribution in [2.45, 2.75) is 32.1 Å². The molecule has 0 unspecified atom stereocenters. The fourth-order valence-corrected chi connectivity index (χ4v) is 2.03. The highest BCUT2D eigenvalue weighted by molar-refractivity contribution is 6.31. The van der Waals surface area contributed by atoms with Crippen LogP contribution in [-0.2, 0) is 6.42 Å². The van der Waals surface area contributed by atoms with Crippen molar-refractivity contribution >= 4 is 22.6 Å². The van der Waals surface area contributed by atoms with Crippen LogP contribution in [0.4, 0.5) is 0 Å². The number of aryl methyl sites for hydroxylation is 1. The molecular formula is C14H16ClO. The van der Waals surface area contributed by atoms with Crippen molar-refractivity contribution in [3.63, 3.8) is 0 Å². The van der Waals surface area contributed by atoms with Gasteiger partial charge in [-0.25, -0.2) is 0 Å². The average Bonchev–Trinajstić information content (AvgIpc) is 2.66. The zero-order valence-corrected chi connectivity index (χ0v) is 10.1. The Balaban J connectivity index is 2.02. The lowest BCUT2D eigenvalue weighted by Crippen LogP contribution is -1.81. The summed E-state index contributed by atoms with van der Waals surface area (Å²) in [5, 5.41) is 1.86. The van der Waals surface area contributed by atoms with Gasteiger partial charge in [0.25, 0.3) is 0 Å². The molecule has 0 saturated heterocycles. The van der Waals surface area contributed by atoms with Crippen molar-refractivity contribution in [3.8, 4) is 0 Å². The maximum absolute atomic E-state index is 5.92. The Morgan fingerprint density at radius 2 is 2.00 bits per heavy atom. The monoisotopic (exact) mass is 235 g/mol. The first-order valence-corrected chi connectivity index (χ1v) is 6.14. The fraction of sp³-hybridized carbons (Fsp3) is 0.357. The summed E-state index contributed by atoms with van der Waals surface area (Å²) in [6, 6.07) is 7.82. The van der Waals surface area contributed by atoms with E-state index in [0.29, 0.717) is 0 Å². The molecule has 0 aliphatic heterocycles. The van der Waals surface area contributed by atoms with Crippen LogP contribution in [-0.4, -0.2) is 0 Å². The second-order valence-corrected chi connectivity index (χ2v) is 4.50. The van der Waals surface area contributed by atoms with Gasteiger partial charge in [0.15, 0.2) is 0 Å². The third-order valence-corrected chi connectivity index (χ3v) is 2.94. The first-order valence-electron chi connectivity index (χ1n) is 5.77. The maximum atomic E-state index is 5.92. The molecule has 0 amide bonds. The van der Waals surface area contributed by atoms with E-state index in [9.17, 15) is 0 Å². The van der Waals surface area contributed by atoms with E-state index in [2.05, 4.69) is 13.0 Å². The van der Waals surface area contributed by atoms with Gasteiger partial charge in [-0.3, -0.25) is 0 Å². The van der Waals surface area contributed by atoms with Gasteiger partial charge in [0.1, 0.15) is 11.3 Å². The Bertz CT molecular complexity index is 459. The molecule has 0 spiro atoms. The van der Waals surface area contributed by atoms with E-state index in [1.165, 1.54) is 19.3 Å². The third-order valence-electron chi connectivity index (χ3n) is 2.70. The molecule has 1 heterocycles. The highest BCUT2D eigenvalue weighted by Crippen LogP contribution is 2.24. The summed E-state index contributed by atoms with van der Waals surface area (Å²) in [4.78, 5) is 0. The Labute approximate surface area is 101 Å². The minimum Gasteiger partial charge on any atom is -0.461 e. The molecule has 2 aromatic rings. The topological polar surface area (TPSA) is 13.1 Å². The van der Waals surface area contributed by atoms with Crippen molar-refractivity contribution in [1.29, 1.82) is 0 Å². The van der Waals surface area contributed by atoms with Gasteiger partial charge >= 0.3 is 0 Å². The maximum Gasteiger partial charge on any atom is 0.134 e. The van der Waals surface area contributed by atoms with Crippen LogP contribution in [0.1, 0.15) is 31.4 Å². The molecule has 1 radical (unpaired) electrons. The third kappa shape index (κ3) is 2.79. The molecule has 85 valence electrons. The number of fused-ring (bicyclic) bond motifs is 1. The standard InChI is InChI=1S/C14H16ClO/c1-2-3-4-5-6-13-10-11-9-12(15)7-8-14(11)16-13/h7-10H,1-6H2. The van der Waals surface area contributed by atoms with E-state index in [4.69, 9.17) is 16.0 Å². The van der Waals surface area contributed by atoms with E-state index in [-0.39, 0.29) is 0 Å². The van der Waals surface area contributed by atoms with Crippen LogP contribution in [0.2, 0.25) is 5.02 Å². The van der Waals surface area contributed by atoms with Gasteiger partial charge in [-0.05, 0) is 30.7 Å². The second kappa shape index (κ2) is 5.40. The minimum absolute atomic E-state index is 0.761. The number of hydrogen-bond donors (Lipinski definition) is 0. The smallest absolute Gasteiger partial charge is 0.134 e. The number of furan rings is 1. The van der Waals surface area contributed by atoms with Gasteiger partial charge in [-0.15, -0.1) is 0 Å². The molecule has 0 aliphatic carbocycles. The molecule has 16 heavy (non-hydrogen) atoms. The summed E-state index contributed by atoms with van der Waals surface area (Å²) in [5.74, 6) is 1.06. The first kappa shape index (κ1) is 11.5. The van der Waals surface area contributed by atoms with Crippen LogP contribution in [0, 0.1) is 6.92 Å². The molecule has 1 aromatic heterocycles. The Kier molecular flexibility index (Phi) is 3.89. The lowest BCUT2D eigenvalue weighted by molar-refractivity contribution is 0.529. The summed E-state index contributed by atoms with van der Waals surface area (Å²) in [6.45, 7) is 3.84. The summed E-state index contributed by atoms with van der Waals surface area (Å²) < 4.78 is 5.73. The molecule has 2 heteroatoms. The van der Waals surface area contributed by atoms with Crippen LogP contribution in [0.5, 0.6) is 0 Å². The quantitative estimate of drug-likeness (QED) is 0.663. The normalized spacial score (nSPS) is 11.1. The number of unbranched alkanes of at least 4 members (excludes halogenated alkanes) is 3. The zero-order chi connectivity index (χ0) is 11.4. The predicted octanol–water partition coefficient (Wildman–Crippen LogP) is 5.02. The fourth-order valence-electron chi connectivity index (χ4n) is 1.85. The summed E-state index contributed by atoms with van der Waals surface area (Å²) >= 11 is 5.92.